The minimum atomic E-state index is -0.833. The third-order valence-corrected chi connectivity index (χ3v) is 2.87. The van der Waals surface area contributed by atoms with Crippen LogP contribution in [0.25, 0.3) is 5.65 Å². The van der Waals surface area contributed by atoms with Crippen LogP contribution in [0.2, 0.25) is 0 Å². The van der Waals surface area contributed by atoms with Gasteiger partial charge in [0.1, 0.15) is 0 Å². The maximum absolute atomic E-state index is 11.6. The Morgan fingerprint density at radius 2 is 2.00 bits per heavy atom. The van der Waals surface area contributed by atoms with Gasteiger partial charge in [0, 0.05) is 19.0 Å². The first-order chi connectivity index (χ1) is 9.66. The van der Waals surface area contributed by atoms with E-state index in [-0.39, 0.29) is 12.3 Å². The van der Waals surface area contributed by atoms with Gasteiger partial charge in [-0.25, -0.2) is 0 Å². The quantitative estimate of drug-likeness (QED) is 0.735. The van der Waals surface area contributed by atoms with Gasteiger partial charge in [-0.3, -0.25) is 14.0 Å². The number of nitrogens with zero attached hydrogens (tertiary/aromatic N) is 3. The number of aliphatic carboxylic acids is 1. The molecule has 0 aliphatic heterocycles. The van der Waals surface area contributed by atoms with Crippen LogP contribution in [-0.2, 0) is 16.1 Å². The predicted octanol–water partition coefficient (Wildman–Crippen LogP) is 0.990. The Morgan fingerprint density at radius 1 is 1.20 bits per heavy atom. The number of carbonyl (C=O) groups is 2. The van der Waals surface area contributed by atoms with E-state index in [4.69, 9.17) is 5.11 Å². The fourth-order valence-electron chi connectivity index (χ4n) is 1.84. The van der Waals surface area contributed by atoms with E-state index in [1.54, 1.807) is 0 Å². The zero-order valence-corrected chi connectivity index (χ0v) is 11.0. The number of pyridine rings is 1. The summed E-state index contributed by atoms with van der Waals surface area (Å²) in [4.78, 5) is 21.9. The Bertz CT molecular complexity index is 608. The van der Waals surface area contributed by atoms with E-state index in [9.17, 15) is 9.59 Å². The van der Waals surface area contributed by atoms with E-state index < -0.39 is 5.97 Å². The molecule has 106 valence electrons. The maximum atomic E-state index is 11.6. The van der Waals surface area contributed by atoms with Crippen molar-refractivity contribution in [3.63, 3.8) is 0 Å². The van der Waals surface area contributed by atoms with Crippen LogP contribution in [0, 0.1) is 0 Å². The Labute approximate surface area is 115 Å². The number of rotatable bonds is 7. The van der Waals surface area contributed by atoms with Crippen molar-refractivity contribution in [1.29, 1.82) is 0 Å². The fourth-order valence-corrected chi connectivity index (χ4v) is 1.84. The number of fused-ring (bicyclic) bond motifs is 1. The largest absolute Gasteiger partial charge is 0.481 e. The maximum Gasteiger partial charge on any atom is 0.303 e. The molecule has 7 nitrogen and oxygen atoms in total. The Balaban J connectivity index is 1.77. The summed E-state index contributed by atoms with van der Waals surface area (Å²) in [6.45, 7) is 0.308. The monoisotopic (exact) mass is 276 g/mol. The molecule has 2 N–H and O–H groups in total. The summed E-state index contributed by atoms with van der Waals surface area (Å²) in [5.41, 5.74) is 0.734. The average Bonchev–Trinajstić information content (AvgIpc) is 2.84. The standard InChI is InChI=1S/C13H16N4O3/c18-12(6-1-2-7-13(19)20)14-9-11-16-15-10-5-3-4-8-17(10)11/h3-5,8H,1-2,6-7,9H2,(H,14,18)(H,19,20). The van der Waals surface area contributed by atoms with Crippen molar-refractivity contribution in [3.05, 3.63) is 30.2 Å². The Morgan fingerprint density at radius 3 is 2.80 bits per heavy atom. The van der Waals surface area contributed by atoms with Gasteiger partial charge in [0.2, 0.25) is 5.91 Å². The molecule has 0 aliphatic rings. The van der Waals surface area contributed by atoms with Gasteiger partial charge in [-0.2, -0.15) is 0 Å². The van der Waals surface area contributed by atoms with Crippen LogP contribution in [0.15, 0.2) is 24.4 Å². The smallest absolute Gasteiger partial charge is 0.303 e. The Kier molecular flexibility index (Phi) is 4.65. The summed E-state index contributed by atoms with van der Waals surface area (Å²) < 4.78 is 1.81. The van der Waals surface area contributed by atoms with Gasteiger partial charge >= 0.3 is 5.97 Å². The van der Waals surface area contributed by atoms with Crippen molar-refractivity contribution in [3.8, 4) is 0 Å². The number of carboxylic acid groups (broad SMARTS) is 1. The first kappa shape index (κ1) is 14.0. The van der Waals surface area contributed by atoms with Crippen LogP contribution < -0.4 is 5.32 Å². The second kappa shape index (κ2) is 6.65. The van der Waals surface area contributed by atoms with Crippen molar-refractivity contribution in [2.45, 2.75) is 32.2 Å². The van der Waals surface area contributed by atoms with Crippen LogP contribution in [0.1, 0.15) is 31.5 Å². The summed E-state index contributed by atoms with van der Waals surface area (Å²) in [6.07, 6.45) is 3.34. The van der Waals surface area contributed by atoms with Crippen molar-refractivity contribution < 1.29 is 14.7 Å². The predicted molar refractivity (Wildman–Crippen MR) is 70.9 cm³/mol. The summed E-state index contributed by atoms with van der Waals surface area (Å²) in [6, 6.07) is 5.58. The molecule has 2 aromatic heterocycles. The summed E-state index contributed by atoms with van der Waals surface area (Å²) in [5, 5.41) is 19.2. The van der Waals surface area contributed by atoms with E-state index in [1.807, 2.05) is 28.8 Å². The third-order valence-electron chi connectivity index (χ3n) is 2.87. The molecule has 1 amide bonds. The van der Waals surface area contributed by atoms with E-state index in [0.29, 0.717) is 31.6 Å². The van der Waals surface area contributed by atoms with Crippen molar-refractivity contribution in [2.75, 3.05) is 0 Å². The van der Waals surface area contributed by atoms with Gasteiger partial charge in [0.05, 0.1) is 6.54 Å². The van der Waals surface area contributed by atoms with E-state index in [0.717, 1.165) is 5.65 Å². The molecule has 0 saturated heterocycles. The molecule has 0 unspecified atom stereocenters. The van der Waals surface area contributed by atoms with E-state index in [2.05, 4.69) is 15.5 Å². The van der Waals surface area contributed by atoms with Crippen molar-refractivity contribution in [2.24, 2.45) is 0 Å². The van der Waals surface area contributed by atoms with Gasteiger partial charge < -0.3 is 10.4 Å². The Hall–Kier alpha value is -2.44. The molecule has 0 aromatic carbocycles. The van der Waals surface area contributed by atoms with E-state index in [1.165, 1.54) is 0 Å². The number of carbonyl (C=O) groups excluding carboxylic acids is 1. The molecule has 2 rings (SSSR count). The molecule has 20 heavy (non-hydrogen) atoms. The zero-order chi connectivity index (χ0) is 14.4. The number of nitrogens with one attached hydrogen (secondary N) is 1. The average molecular weight is 276 g/mol. The molecule has 7 heteroatoms. The number of hydrogen-bond donors (Lipinski definition) is 2. The number of hydrogen-bond acceptors (Lipinski definition) is 4. The molecular weight excluding hydrogens is 260 g/mol. The number of carboxylic acids is 1. The van der Waals surface area contributed by atoms with Crippen LogP contribution >= 0.6 is 0 Å². The molecule has 0 radical (unpaired) electrons. The SMILES string of the molecule is O=C(O)CCCCC(=O)NCc1nnc2ccccn12. The second-order valence-corrected chi connectivity index (χ2v) is 4.42. The van der Waals surface area contributed by atoms with Gasteiger partial charge in [0.25, 0.3) is 0 Å². The molecule has 2 heterocycles. The molecule has 0 bridgehead atoms. The van der Waals surface area contributed by atoms with Crippen LogP contribution in [0.3, 0.4) is 0 Å². The lowest BCUT2D eigenvalue weighted by atomic mass is 10.2. The molecule has 2 aromatic rings. The lowest BCUT2D eigenvalue weighted by Gasteiger charge is -2.03. The second-order valence-electron chi connectivity index (χ2n) is 4.42. The van der Waals surface area contributed by atoms with Crippen LogP contribution in [0.4, 0.5) is 0 Å². The first-order valence-electron chi connectivity index (χ1n) is 6.44. The zero-order valence-electron chi connectivity index (χ0n) is 11.0. The normalized spacial score (nSPS) is 10.6. The molecular formula is C13H16N4O3. The lowest BCUT2D eigenvalue weighted by molar-refractivity contribution is -0.137. The fraction of sp³-hybridized carbons (Fsp3) is 0.385. The molecule has 0 saturated carbocycles. The molecule has 0 fully saturated rings. The van der Waals surface area contributed by atoms with Gasteiger partial charge in [0.15, 0.2) is 11.5 Å². The highest BCUT2D eigenvalue weighted by atomic mass is 16.4. The van der Waals surface area contributed by atoms with Crippen LogP contribution in [0.5, 0.6) is 0 Å². The topological polar surface area (TPSA) is 96.6 Å². The minimum absolute atomic E-state index is 0.0993. The molecule has 0 aliphatic carbocycles. The van der Waals surface area contributed by atoms with Gasteiger partial charge in [-0.05, 0) is 25.0 Å². The number of aromatic nitrogens is 3. The summed E-state index contributed by atoms with van der Waals surface area (Å²) in [7, 11) is 0. The van der Waals surface area contributed by atoms with Gasteiger partial charge in [-0.1, -0.05) is 6.07 Å². The molecule has 0 spiro atoms. The van der Waals surface area contributed by atoms with Crippen LogP contribution in [-0.4, -0.2) is 31.6 Å². The van der Waals surface area contributed by atoms with E-state index >= 15 is 0 Å². The molecule has 0 atom stereocenters. The minimum Gasteiger partial charge on any atom is -0.481 e. The number of amides is 1. The highest BCUT2D eigenvalue weighted by Crippen LogP contribution is 2.03. The van der Waals surface area contributed by atoms with Crippen molar-refractivity contribution >= 4 is 17.5 Å². The third kappa shape index (κ3) is 3.78. The summed E-state index contributed by atoms with van der Waals surface area (Å²) >= 11 is 0. The highest BCUT2D eigenvalue weighted by Gasteiger charge is 2.07. The van der Waals surface area contributed by atoms with Crippen molar-refractivity contribution in [1.82, 2.24) is 19.9 Å². The highest BCUT2D eigenvalue weighted by molar-refractivity contribution is 5.75. The number of unbranched alkanes of at least 4 members (excludes halogenated alkanes) is 1. The summed E-state index contributed by atoms with van der Waals surface area (Å²) in [5.74, 6) is -0.275. The van der Waals surface area contributed by atoms with Gasteiger partial charge in [-0.15, -0.1) is 10.2 Å². The lowest BCUT2D eigenvalue weighted by Crippen LogP contribution is -2.23. The first-order valence-corrected chi connectivity index (χ1v) is 6.44.